The number of nitrogens with one attached hydrogen (secondary N) is 1. The van der Waals surface area contributed by atoms with Crippen LogP contribution in [-0.2, 0) is 15.9 Å². The molecule has 1 aromatic heterocycles. The summed E-state index contributed by atoms with van der Waals surface area (Å²) in [5.74, 6) is 3.62. The van der Waals surface area contributed by atoms with Crippen molar-refractivity contribution >= 4 is 41.7 Å². The maximum Gasteiger partial charge on any atom is 0.193 e. The first-order valence-corrected chi connectivity index (χ1v) is 10.3. The molecule has 1 aromatic rings. The van der Waals surface area contributed by atoms with Crippen LogP contribution >= 0.6 is 35.7 Å². The van der Waals surface area contributed by atoms with E-state index in [1.807, 2.05) is 23.9 Å². The monoisotopic (exact) mass is 497 g/mol. The van der Waals surface area contributed by atoms with Crippen molar-refractivity contribution in [3.05, 3.63) is 24.2 Å². The molecule has 150 valence electrons. The number of rotatable bonds is 11. The smallest absolute Gasteiger partial charge is 0.193 e. The summed E-state index contributed by atoms with van der Waals surface area (Å²) in [7, 11) is 1.70. The van der Waals surface area contributed by atoms with E-state index in [9.17, 15) is 0 Å². The van der Waals surface area contributed by atoms with Gasteiger partial charge in [0.25, 0.3) is 0 Å². The summed E-state index contributed by atoms with van der Waals surface area (Å²) in [5.41, 5.74) is 0. The number of methoxy groups -OCH3 is 1. The van der Waals surface area contributed by atoms with Gasteiger partial charge in [0.15, 0.2) is 5.96 Å². The van der Waals surface area contributed by atoms with Crippen LogP contribution in [0, 0.1) is 5.92 Å². The number of likely N-dealkylation sites (tertiary alicyclic amines) is 1. The summed E-state index contributed by atoms with van der Waals surface area (Å²) in [6.45, 7) is 5.83. The number of nitrogens with zero attached hydrogens (tertiary/aromatic N) is 2. The van der Waals surface area contributed by atoms with E-state index < -0.39 is 0 Å². The molecule has 1 saturated heterocycles. The first-order valence-electron chi connectivity index (χ1n) is 8.94. The van der Waals surface area contributed by atoms with Crippen LogP contribution in [0.25, 0.3) is 0 Å². The Kier molecular flexibility index (Phi) is 13.2. The highest BCUT2D eigenvalue weighted by Crippen LogP contribution is 2.16. The highest BCUT2D eigenvalue weighted by atomic mass is 127. The number of furan rings is 1. The normalized spacial score (nSPS) is 17.4. The molecule has 1 aliphatic heterocycles. The van der Waals surface area contributed by atoms with Crippen molar-refractivity contribution in [3.8, 4) is 0 Å². The van der Waals surface area contributed by atoms with E-state index in [-0.39, 0.29) is 24.0 Å². The molecule has 0 radical (unpaired) electrons. The van der Waals surface area contributed by atoms with Crippen LogP contribution in [0.1, 0.15) is 12.2 Å². The van der Waals surface area contributed by atoms with Gasteiger partial charge >= 0.3 is 0 Å². The molecular weight excluding hydrogens is 465 g/mol. The van der Waals surface area contributed by atoms with Gasteiger partial charge in [0.1, 0.15) is 5.76 Å². The molecule has 0 aromatic carbocycles. The molecular formula is C18H32IN3O3S. The molecule has 0 amide bonds. The maximum atomic E-state index is 5.69. The highest BCUT2D eigenvalue weighted by Gasteiger charge is 2.25. The first-order chi connectivity index (χ1) is 12.3. The second-order valence-corrected chi connectivity index (χ2v) is 7.11. The highest BCUT2D eigenvalue weighted by molar-refractivity contribution is 14.0. The number of aliphatic imine (C=N–C) groups is 1. The van der Waals surface area contributed by atoms with Crippen molar-refractivity contribution in [2.75, 3.05) is 65.1 Å². The van der Waals surface area contributed by atoms with E-state index in [1.165, 1.54) is 0 Å². The van der Waals surface area contributed by atoms with Gasteiger partial charge in [-0.25, -0.2) is 0 Å². The fourth-order valence-corrected chi connectivity index (χ4v) is 3.09. The molecule has 8 heteroatoms. The second kappa shape index (κ2) is 14.6. The fraction of sp³-hybridized carbons (Fsp3) is 0.722. The van der Waals surface area contributed by atoms with Crippen LogP contribution in [0.4, 0.5) is 0 Å². The van der Waals surface area contributed by atoms with Gasteiger partial charge in [-0.15, -0.1) is 24.0 Å². The van der Waals surface area contributed by atoms with Crippen LogP contribution in [0.3, 0.4) is 0 Å². The standard InChI is InChI=1S/C18H31N3O3S.HI/c1-22-11-12-23-15-16-6-9-21(14-16)18(20-8-13-25-2)19-7-5-17-4-3-10-24-17;/h3-4,10,16H,5-9,11-15H2,1-2H3,(H,19,20);1H. The maximum absolute atomic E-state index is 5.69. The van der Waals surface area contributed by atoms with Gasteiger partial charge in [0.2, 0.25) is 0 Å². The Morgan fingerprint density at radius 3 is 3.08 bits per heavy atom. The van der Waals surface area contributed by atoms with Gasteiger partial charge in [-0.2, -0.15) is 11.8 Å². The third kappa shape index (κ3) is 8.96. The third-order valence-electron chi connectivity index (χ3n) is 4.16. The van der Waals surface area contributed by atoms with Crippen molar-refractivity contribution in [1.29, 1.82) is 0 Å². The quantitative estimate of drug-likeness (QED) is 0.220. The number of guanidine groups is 1. The van der Waals surface area contributed by atoms with Crippen LogP contribution in [0.5, 0.6) is 0 Å². The lowest BCUT2D eigenvalue weighted by molar-refractivity contribution is 0.0536. The van der Waals surface area contributed by atoms with Gasteiger partial charge in [0.05, 0.1) is 32.6 Å². The summed E-state index contributed by atoms with van der Waals surface area (Å²) in [4.78, 5) is 7.13. The van der Waals surface area contributed by atoms with Gasteiger partial charge in [-0.05, 0) is 24.8 Å². The number of hydrogen-bond acceptors (Lipinski definition) is 5. The molecule has 1 aliphatic rings. The van der Waals surface area contributed by atoms with Crippen LogP contribution in [0.15, 0.2) is 27.8 Å². The van der Waals surface area contributed by atoms with Crippen molar-refractivity contribution in [1.82, 2.24) is 10.2 Å². The summed E-state index contributed by atoms with van der Waals surface area (Å²) >= 11 is 1.82. The lowest BCUT2D eigenvalue weighted by Crippen LogP contribution is -2.41. The minimum atomic E-state index is 0. The van der Waals surface area contributed by atoms with E-state index in [1.54, 1.807) is 13.4 Å². The van der Waals surface area contributed by atoms with Gasteiger partial charge < -0.3 is 24.1 Å². The number of ether oxygens (including phenoxy) is 2. The average molecular weight is 497 g/mol. The second-order valence-electron chi connectivity index (χ2n) is 6.12. The molecule has 1 unspecified atom stereocenters. The number of hydrogen-bond donors (Lipinski definition) is 1. The summed E-state index contributed by atoms with van der Waals surface area (Å²) in [5, 5.41) is 3.50. The van der Waals surface area contributed by atoms with E-state index in [4.69, 9.17) is 18.9 Å². The van der Waals surface area contributed by atoms with E-state index in [0.29, 0.717) is 19.1 Å². The molecule has 26 heavy (non-hydrogen) atoms. The molecule has 1 N–H and O–H groups in total. The zero-order chi connectivity index (χ0) is 17.7. The zero-order valence-corrected chi connectivity index (χ0v) is 19.0. The Morgan fingerprint density at radius 1 is 1.46 bits per heavy atom. The average Bonchev–Trinajstić information content (AvgIpc) is 3.29. The zero-order valence-electron chi connectivity index (χ0n) is 15.8. The van der Waals surface area contributed by atoms with E-state index in [0.717, 1.165) is 63.1 Å². The van der Waals surface area contributed by atoms with Crippen molar-refractivity contribution in [3.63, 3.8) is 0 Å². The minimum absolute atomic E-state index is 0. The van der Waals surface area contributed by atoms with Gasteiger partial charge in [-0.1, -0.05) is 0 Å². The number of thioether (sulfide) groups is 1. The Hall–Kier alpha value is -0.450. The molecule has 0 saturated carbocycles. The lowest BCUT2D eigenvalue weighted by atomic mass is 10.1. The van der Waals surface area contributed by atoms with Crippen molar-refractivity contribution < 1.29 is 13.9 Å². The lowest BCUT2D eigenvalue weighted by Gasteiger charge is -2.22. The molecule has 0 aliphatic carbocycles. The fourth-order valence-electron chi connectivity index (χ4n) is 2.82. The topological polar surface area (TPSA) is 59.2 Å². The first kappa shape index (κ1) is 23.6. The molecule has 2 rings (SSSR count). The van der Waals surface area contributed by atoms with Crippen molar-refractivity contribution in [2.45, 2.75) is 12.8 Å². The van der Waals surface area contributed by atoms with E-state index in [2.05, 4.69) is 16.5 Å². The Bertz CT molecular complexity index is 488. The van der Waals surface area contributed by atoms with Crippen LogP contribution < -0.4 is 5.32 Å². The molecule has 0 spiro atoms. The van der Waals surface area contributed by atoms with E-state index >= 15 is 0 Å². The molecule has 6 nitrogen and oxygen atoms in total. The molecule has 1 fully saturated rings. The van der Waals surface area contributed by atoms with Crippen LogP contribution in [0.2, 0.25) is 0 Å². The predicted octanol–water partition coefficient (Wildman–Crippen LogP) is 2.73. The third-order valence-corrected chi connectivity index (χ3v) is 4.75. The van der Waals surface area contributed by atoms with Crippen molar-refractivity contribution in [2.24, 2.45) is 10.9 Å². The summed E-state index contributed by atoms with van der Waals surface area (Å²) in [6, 6.07) is 3.94. The predicted molar refractivity (Wildman–Crippen MR) is 119 cm³/mol. The van der Waals surface area contributed by atoms with Gasteiger partial charge in [0, 0.05) is 44.8 Å². The summed E-state index contributed by atoms with van der Waals surface area (Å²) < 4.78 is 16.1. The molecule has 1 atom stereocenters. The Labute approximate surface area is 178 Å². The Morgan fingerprint density at radius 2 is 2.35 bits per heavy atom. The largest absolute Gasteiger partial charge is 0.469 e. The van der Waals surface area contributed by atoms with Gasteiger partial charge in [-0.3, -0.25) is 4.99 Å². The number of halogens is 1. The Balaban J connectivity index is 0.00000338. The molecule has 2 heterocycles. The van der Waals surface area contributed by atoms with Crippen LogP contribution in [-0.4, -0.2) is 76.0 Å². The molecule has 0 bridgehead atoms. The SMILES string of the molecule is COCCOCC1CCN(C(=NCCSC)NCCc2ccco2)C1.I. The summed E-state index contributed by atoms with van der Waals surface area (Å²) in [6.07, 6.45) is 5.85. The minimum Gasteiger partial charge on any atom is -0.469 e.